The van der Waals surface area contributed by atoms with Gasteiger partial charge in [0.2, 0.25) is 10.0 Å². The Kier molecular flexibility index (Phi) is 7.76. The van der Waals surface area contributed by atoms with Gasteiger partial charge in [-0.1, -0.05) is 0 Å². The van der Waals surface area contributed by atoms with Crippen molar-refractivity contribution in [3.05, 3.63) is 63.4 Å². The van der Waals surface area contributed by atoms with Crippen molar-refractivity contribution in [1.82, 2.24) is 14.8 Å². The van der Waals surface area contributed by atoms with E-state index in [2.05, 4.69) is 9.71 Å². The second-order valence-electron chi connectivity index (χ2n) is 8.32. The van der Waals surface area contributed by atoms with Crippen LogP contribution >= 0.6 is 0 Å². The predicted octanol–water partition coefficient (Wildman–Crippen LogP) is 2.80. The van der Waals surface area contributed by atoms with E-state index in [9.17, 15) is 18.0 Å². The van der Waals surface area contributed by atoms with Crippen molar-refractivity contribution in [2.45, 2.75) is 19.9 Å². The highest BCUT2D eigenvalue weighted by molar-refractivity contribution is 7.92. The van der Waals surface area contributed by atoms with Gasteiger partial charge in [-0.2, -0.15) is 0 Å². The Bertz CT molecular complexity index is 1420. The minimum Gasteiger partial charge on any atom is -0.422 e. The van der Waals surface area contributed by atoms with Crippen LogP contribution in [-0.2, 0) is 23.0 Å². The number of fused-ring (bicyclic) bond motifs is 1. The molecule has 0 atom stereocenters. The normalized spacial score (nSPS) is 11.6. The van der Waals surface area contributed by atoms with Crippen LogP contribution in [0.15, 0.2) is 39.7 Å². The Balaban J connectivity index is 2.09. The van der Waals surface area contributed by atoms with Crippen molar-refractivity contribution in [2.24, 2.45) is 0 Å². The topological polar surface area (TPSA) is 122 Å². The molecule has 0 aliphatic heterocycles. The zero-order valence-corrected chi connectivity index (χ0v) is 20.9. The van der Waals surface area contributed by atoms with Crippen LogP contribution in [0.5, 0.6) is 5.75 Å². The molecule has 10 nitrogen and oxygen atoms in total. The first kappa shape index (κ1) is 26.1. The molecule has 0 spiro atoms. The van der Waals surface area contributed by atoms with Gasteiger partial charge >= 0.3 is 11.7 Å². The minimum absolute atomic E-state index is 0.0805. The lowest BCUT2D eigenvalue weighted by Crippen LogP contribution is -2.25. The second kappa shape index (κ2) is 10.4. The zero-order chi connectivity index (χ0) is 25.9. The van der Waals surface area contributed by atoms with Crippen molar-refractivity contribution in [3.63, 3.8) is 0 Å². The SMILES string of the molecule is CCS(=O)(=O)Nc1nccc(Cc2c(CN(C)C)c3ccc(OC(=O)N(C)C)cc3oc2=O)c1F. The van der Waals surface area contributed by atoms with E-state index in [-0.39, 0.29) is 34.6 Å². The summed E-state index contributed by atoms with van der Waals surface area (Å²) in [6, 6.07) is 6.08. The van der Waals surface area contributed by atoms with Crippen molar-refractivity contribution in [3.8, 4) is 5.75 Å². The summed E-state index contributed by atoms with van der Waals surface area (Å²) in [5.74, 6) is -1.34. The number of aromatic nitrogens is 1. The molecule has 188 valence electrons. The molecule has 0 saturated carbocycles. The third kappa shape index (κ3) is 6.14. The molecule has 0 fully saturated rings. The number of pyridine rings is 1. The minimum atomic E-state index is -3.74. The molecule has 1 amide bonds. The Labute approximate surface area is 202 Å². The van der Waals surface area contributed by atoms with Gasteiger partial charge in [0.25, 0.3) is 0 Å². The van der Waals surface area contributed by atoms with E-state index in [4.69, 9.17) is 9.15 Å². The van der Waals surface area contributed by atoms with Crippen LogP contribution in [0.2, 0.25) is 0 Å². The lowest BCUT2D eigenvalue weighted by atomic mass is 9.98. The van der Waals surface area contributed by atoms with Crippen LogP contribution in [0.4, 0.5) is 15.0 Å². The molecule has 3 rings (SSSR count). The van der Waals surface area contributed by atoms with Crippen molar-refractivity contribution >= 4 is 32.9 Å². The first-order valence-corrected chi connectivity index (χ1v) is 12.3. The van der Waals surface area contributed by atoms with Crippen LogP contribution < -0.4 is 15.1 Å². The second-order valence-corrected chi connectivity index (χ2v) is 10.3. The lowest BCUT2D eigenvalue weighted by Gasteiger charge is -2.17. The number of nitrogens with one attached hydrogen (secondary N) is 1. The number of carbonyl (C=O) groups is 1. The van der Waals surface area contributed by atoms with E-state index in [1.165, 1.54) is 30.2 Å². The van der Waals surface area contributed by atoms with Gasteiger partial charge in [-0.3, -0.25) is 4.72 Å². The largest absolute Gasteiger partial charge is 0.422 e. The van der Waals surface area contributed by atoms with Crippen molar-refractivity contribution in [1.29, 1.82) is 0 Å². The summed E-state index contributed by atoms with van der Waals surface area (Å²) in [4.78, 5) is 31.8. The maximum atomic E-state index is 15.1. The van der Waals surface area contributed by atoms with E-state index in [0.717, 1.165) is 0 Å². The van der Waals surface area contributed by atoms with Gasteiger partial charge in [0, 0.05) is 50.3 Å². The summed E-state index contributed by atoms with van der Waals surface area (Å²) in [5, 5.41) is 0.597. The Morgan fingerprint density at radius 3 is 2.51 bits per heavy atom. The molecule has 0 bridgehead atoms. The van der Waals surface area contributed by atoms with Crippen LogP contribution in [0, 0.1) is 5.82 Å². The predicted molar refractivity (Wildman–Crippen MR) is 130 cm³/mol. The monoisotopic (exact) mass is 506 g/mol. The van der Waals surface area contributed by atoms with Crippen LogP contribution in [-0.4, -0.2) is 63.2 Å². The molecule has 0 aliphatic carbocycles. The summed E-state index contributed by atoms with van der Waals surface area (Å²) in [7, 11) is 2.99. The molecule has 35 heavy (non-hydrogen) atoms. The summed E-state index contributed by atoms with van der Waals surface area (Å²) >= 11 is 0. The number of hydrogen-bond donors (Lipinski definition) is 1. The van der Waals surface area contributed by atoms with Crippen LogP contribution in [0.25, 0.3) is 11.0 Å². The van der Waals surface area contributed by atoms with Gasteiger partial charge in [-0.25, -0.2) is 27.4 Å². The maximum Gasteiger partial charge on any atom is 0.414 e. The van der Waals surface area contributed by atoms with Crippen LogP contribution in [0.3, 0.4) is 0 Å². The van der Waals surface area contributed by atoms with Crippen LogP contribution in [0.1, 0.15) is 23.6 Å². The highest BCUT2D eigenvalue weighted by atomic mass is 32.2. The molecular weight excluding hydrogens is 479 g/mol. The smallest absolute Gasteiger partial charge is 0.414 e. The molecule has 12 heteroatoms. The Morgan fingerprint density at radius 2 is 1.89 bits per heavy atom. The lowest BCUT2D eigenvalue weighted by molar-refractivity contribution is 0.172. The fraction of sp³-hybridized carbons (Fsp3) is 0.348. The number of sulfonamides is 1. The number of amides is 1. The molecule has 1 N–H and O–H groups in total. The molecule has 0 saturated heterocycles. The fourth-order valence-corrected chi connectivity index (χ4v) is 3.90. The number of ether oxygens (including phenoxy) is 1. The molecule has 3 aromatic rings. The number of rotatable bonds is 8. The van der Waals surface area contributed by atoms with Crippen molar-refractivity contribution in [2.75, 3.05) is 38.7 Å². The standard InChI is InChI=1S/C23H27FN4O6S/c1-6-35(31,32)26-21-20(24)14(9-10-25-21)11-17-18(13-27(2)3)16-8-7-15(33-23(30)28(4)5)12-19(16)34-22(17)29/h7-10,12H,6,11,13H2,1-5H3,(H,25,26). The van der Waals surface area contributed by atoms with Crippen molar-refractivity contribution < 1.29 is 26.8 Å². The summed E-state index contributed by atoms with van der Waals surface area (Å²) in [6.45, 7) is 1.76. The first-order valence-electron chi connectivity index (χ1n) is 10.7. The first-order chi connectivity index (χ1) is 16.4. The quantitative estimate of drug-likeness (QED) is 0.463. The highest BCUT2D eigenvalue weighted by Crippen LogP contribution is 2.28. The number of halogens is 1. The fourth-order valence-electron chi connectivity index (χ4n) is 3.32. The molecule has 0 unspecified atom stereocenters. The molecule has 0 aliphatic rings. The number of nitrogens with zero attached hydrogens (tertiary/aromatic N) is 3. The van der Waals surface area contributed by atoms with Gasteiger partial charge in [0.1, 0.15) is 11.3 Å². The van der Waals surface area contributed by atoms with Gasteiger partial charge in [0.15, 0.2) is 11.6 Å². The van der Waals surface area contributed by atoms with E-state index in [1.807, 2.05) is 19.0 Å². The Morgan fingerprint density at radius 1 is 1.17 bits per heavy atom. The van der Waals surface area contributed by atoms with E-state index in [1.54, 1.807) is 26.2 Å². The van der Waals surface area contributed by atoms with Gasteiger partial charge in [-0.05, 0) is 50.3 Å². The summed E-state index contributed by atoms with van der Waals surface area (Å²) in [6.07, 6.45) is 0.541. The number of anilines is 1. The molecule has 0 radical (unpaired) electrons. The zero-order valence-electron chi connectivity index (χ0n) is 20.1. The molecule has 2 heterocycles. The molecular formula is C23H27FN4O6S. The molecule has 1 aromatic carbocycles. The third-order valence-corrected chi connectivity index (χ3v) is 6.37. The van der Waals surface area contributed by atoms with Gasteiger partial charge < -0.3 is 19.0 Å². The maximum absolute atomic E-state index is 15.1. The third-order valence-electron chi connectivity index (χ3n) is 5.10. The average Bonchev–Trinajstić information content (AvgIpc) is 2.77. The number of benzene rings is 1. The van der Waals surface area contributed by atoms with Gasteiger partial charge in [-0.15, -0.1) is 0 Å². The summed E-state index contributed by atoms with van der Waals surface area (Å²) in [5.41, 5.74) is 0.442. The molecule has 2 aromatic heterocycles. The highest BCUT2D eigenvalue weighted by Gasteiger charge is 2.21. The summed E-state index contributed by atoms with van der Waals surface area (Å²) < 4.78 is 51.7. The Hall–Kier alpha value is -3.51. The number of carbonyl (C=O) groups excluding carboxylic acids is 1. The van der Waals surface area contributed by atoms with E-state index >= 15 is 4.39 Å². The van der Waals surface area contributed by atoms with Gasteiger partial charge in [0.05, 0.1) is 5.75 Å². The average molecular weight is 507 g/mol. The van der Waals surface area contributed by atoms with E-state index < -0.39 is 33.4 Å². The number of hydrogen-bond acceptors (Lipinski definition) is 8. The van der Waals surface area contributed by atoms with E-state index in [0.29, 0.717) is 17.5 Å².